The van der Waals surface area contributed by atoms with Gasteiger partial charge < -0.3 is 16.2 Å². The van der Waals surface area contributed by atoms with Gasteiger partial charge in [-0.15, -0.1) is 0 Å². The second-order valence-electron chi connectivity index (χ2n) is 3.92. The number of hydrogen-bond donors (Lipinski definition) is 3. The van der Waals surface area contributed by atoms with E-state index in [-0.39, 0.29) is 0 Å². The summed E-state index contributed by atoms with van der Waals surface area (Å²) < 4.78 is 1.69. The van der Waals surface area contributed by atoms with Crippen molar-refractivity contribution in [3.05, 3.63) is 28.1 Å². The first kappa shape index (κ1) is 11.9. The fraction of sp³-hybridized carbons (Fsp3) is 0.364. The first-order valence-corrected chi connectivity index (χ1v) is 6.27. The van der Waals surface area contributed by atoms with Gasteiger partial charge >= 0.3 is 0 Å². The van der Waals surface area contributed by atoms with E-state index < -0.39 is 6.10 Å². The van der Waals surface area contributed by atoms with Crippen LogP contribution in [0.3, 0.4) is 0 Å². The Labute approximate surface area is 104 Å². The van der Waals surface area contributed by atoms with Crippen LogP contribution in [0.5, 0.6) is 0 Å². The molecule has 92 valence electrons. The van der Waals surface area contributed by atoms with E-state index in [4.69, 9.17) is 5.73 Å². The van der Waals surface area contributed by atoms with E-state index in [1.807, 2.05) is 30.8 Å². The number of hydrogen-bond acceptors (Lipinski definition) is 5. The third-order valence-corrected chi connectivity index (χ3v) is 3.36. The maximum absolute atomic E-state index is 9.93. The lowest BCUT2D eigenvalue weighted by molar-refractivity contribution is 0.192. The van der Waals surface area contributed by atoms with Crippen LogP contribution in [-0.2, 0) is 7.05 Å². The summed E-state index contributed by atoms with van der Waals surface area (Å²) in [5.74, 6) is 0.747. The summed E-state index contributed by atoms with van der Waals surface area (Å²) >= 11 is 1.57. The predicted octanol–water partition coefficient (Wildman–Crippen LogP) is 1.52. The average Bonchev–Trinajstić information content (AvgIpc) is 2.88. The molecule has 2 aromatic rings. The first-order valence-electron chi connectivity index (χ1n) is 5.32. The number of anilines is 2. The highest BCUT2D eigenvalue weighted by atomic mass is 32.1. The molecule has 0 amide bonds. The summed E-state index contributed by atoms with van der Waals surface area (Å²) in [6, 6.07) is 1.91. The van der Waals surface area contributed by atoms with Crippen LogP contribution in [-0.4, -0.2) is 21.4 Å². The SMILES string of the molecule is Cc1nn(C)c(NCC(O)c2ccsc2)c1N. The minimum Gasteiger partial charge on any atom is -0.394 e. The number of aliphatic hydroxyl groups is 1. The molecule has 0 saturated carbocycles. The molecule has 2 rings (SSSR count). The van der Waals surface area contributed by atoms with Crippen LogP contribution in [0.1, 0.15) is 17.4 Å². The van der Waals surface area contributed by atoms with Crippen molar-refractivity contribution >= 4 is 22.8 Å². The fourth-order valence-electron chi connectivity index (χ4n) is 1.66. The molecule has 1 unspecified atom stereocenters. The Kier molecular flexibility index (Phi) is 3.35. The molecule has 0 fully saturated rings. The zero-order valence-electron chi connectivity index (χ0n) is 9.84. The van der Waals surface area contributed by atoms with Crippen molar-refractivity contribution in [2.45, 2.75) is 13.0 Å². The maximum atomic E-state index is 9.93. The molecule has 2 heterocycles. The van der Waals surface area contributed by atoms with Crippen LogP contribution >= 0.6 is 11.3 Å². The van der Waals surface area contributed by atoms with Crippen molar-refractivity contribution in [1.82, 2.24) is 9.78 Å². The van der Waals surface area contributed by atoms with Crippen molar-refractivity contribution in [2.75, 3.05) is 17.6 Å². The molecule has 0 aliphatic rings. The summed E-state index contributed by atoms with van der Waals surface area (Å²) in [5.41, 5.74) is 8.22. The molecule has 5 nitrogen and oxygen atoms in total. The van der Waals surface area contributed by atoms with Crippen LogP contribution in [0.25, 0.3) is 0 Å². The van der Waals surface area contributed by atoms with Gasteiger partial charge in [-0.05, 0) is 29.3 Å². The maximum Gasteiger partial charge on any atom is 0.147 e. The number of nitrogens with two attached hydrogens (primary N) is 1. The molecule has 0 saturated heterocycles. The van der Waals surface area contributed by atoms with Crippen LogP contribution < -0.4 is 11.1 Å². The van der Waals surface area contributed by atoms with Crippen molar-refractivity contribution in [1.29, 1.82) is 0 Å². The zero-order valence-corrected chi connectivity index (χ0v) is 10.7. The quantitative estimate of drug-likeness (QED) is 0.771. The van der Waals surface area contributed by atoms with Crippen LogP contribution in [0.4, 0.5) is 11.5 Å². The number of nitrogens with zero attached hydrogens (tertiary/aromatic N) is 2. The van der Waals surface area contributed by atoms with Gasteiger partial charge in [-0.25, -0.2) is 0 Å². The summed E-state index contributed by atoms with van der Waals surface area (Å²) in [6.45, 7) is 2.27. The fourth-order valence-corrected chi connectivity index (χ4v) is 2.37. The van der Waals surface area contributed by atoms with Crippen LogP contribution in [0.15, 0.2) is 16.8 Å². The lowest BCUT2D eigenvalue weighted by atomic mass is 10.2. The number of nitrogen functional groups attached to an aromatic ring is 1. The Morgan fingerprint density at radius 3 is 2.94 bits per heavy atom. The highest BCUT2D eigenvalue weighted by Crippen LogP contribution is 2.22. The van der Waals surface area contributed by atoms with E-state index >= 15 is 0 Å². The van der Waals surface area contributed by atoms with Gasteiger partial charge in [0, 0.05) is 13.6 Å². The van der Waals surface area contributed by atoms with Gasteiger partial charge in [0.15, 0.2) is 0 Å². The number of rotatable bonds is 4. The summed E-state index contributed by atoms with van der Waals surface area (Å²) in [7, 11) is 1.82. The Morgan fingerprint density at radius 2 is 2.41 bits per heavy atom. The van der Waals surface area contributed by atoms with Crippen molar-refractivity contribution in [3.8, 4) is 0 Å². The zero-order chi connectivity index (χ0) is 12.4. The molecule has 17 heavy (non-hydrogen) atoms. The lowest BCUT2D eigenvalue weighted by Crippen LogP contribution is -2.14. The monoisotopic (exact) mass is 252 g/mol. The summed E-state index contributed by atoms with van der Waals surface area (Å²) in [6.07, 6.45) is -0.532. The molecule has 4 N–H and O–H groups in total. The van der Waals surface area contributed by atoms with Crippen molar-refractivity contribution in [3.63, 3.8) is 0 Å². The number of nitrogens with one attached hydrogen (secondary N) is 1. The standard InChI is InChI=1S/C11H16N4OS/c1-7-10(12)11(15(2)14-7)13-5-9(16)8-3-4-17-6-8/h3-4,6,9,13,16H,5,12H2,1-2H3. The minimum absolute atomic E-state index is 0.417. The van der Waals surface area contributed by atoms with Crippen LogP contribution in [0.2, 0.25) is 0 Å². The first-order chi connectivity index (χ1) is 8.09. The Balaban J connectivity index is 2.03. The largest absolute Gasteiger partial charge is 0.394 e. The van der Waals surface area contributed by atoms with E-state index in [0.29, 0.717) is 12.2 Å². The Hall–Kier alpha value is -1.53. The van der Waals surface area contributed by atoms with Crippen molar-refractivity contribution < 1.29 is 5.11 Å². The predicted molar refractivity (Wildman–Crippen MR) is 70.1 cm³/mol. The molecule has 0 aromatic carbocycles. The molecule has 0 aliphatic carbocycles. The molecule has 0 aliphatic heterocycles. The number of aryl methyl sites for hydroxylation is 2. The molecule has 0 bridgehead atoms. The van der Waals surface area contributed by atoms with Gasteiger partial charge in [0.1, 0.15) is 5.82 Å². The minimum atomic E-state index is -0.532. The molecule has 6 heteroatoms. The lowest BCUT2D eigenvalue weighted by Gasteiger charge is -2.12. The second-order valence-corrected chi connectivity index (χ2v) is 4.70. The smallest absolute Gasteiger partial charge is 0.147 e. The normalized spacial score (nSPS) is 12.6. The van der Waals surface area contributed by atoms with E-state index in [1.165, 1.54) is 0 Å². The molecular weight excluding hydrogens is 236 g/mol. The highest BCUT2D eigenvalue weighted by molar-refractivity contribution is 7.07. The Bertz CT molecular complexity index is 492. The van der Waals surface area contributed by atoms with E-state index in [1.54, 1.807) is 16.0 Å². The third-order valence-electron chi connectivity index (χ3n) is 2.66. The summed E-state index contributed by atoms with van der Waals surface area (Å²) in [5, 5.41) is 21.1. The van der Waals surface area contributed by atoms with E-state index in [2.05, 4.69) is 10.4 Å². The number of aromatic nitrogens is 2. The number of aliphatic hydroxyl groups excluding tert-OH is 1. The van der Waals surface area contributed by atoms with Gasteiger partial charge in [-0.1, -0.05) is 0 Å². The average molecular weight is 252 g/mol. The second kappa shape index (κ2) is 4.77. The molecule has 0 spiro atoms. The van der Waals surface area contributed by atoms with Gasteiger partial charge in [0.25, 0.3) is 0 Å². The van der Waals surface area contributed by atoms with Gasteiger partial charge in [0.05, 0.1) is 17.5 Å². The van der Waals surface area contributed by atoms with Crippen LogP contribution in [0, 0.1) is 6.92 Å². The third kappa shape index (κ3) is 2.42. The Morgan fingerprint density at radius 1 is 1.65 bits per heavy atom. The topological polar surface area (TPSA) is 76.1 Å². The number of thiophene rings is 1. The van der Waals surface area contributed by atoms with Gasteiger partial charge in [-0.2, -0.15) is 16.4 Å². The molecule has 1 atom stereocenters. The molecule has 0 radical (unpaired) electrons. The molecular formula is C11H16N4OS. The molecule has 2 aromatic heterocycles. The van der Waals surface area contributed by atoms with Gasteiger partial charge in [0.2, 0.25) is 0 Å². The van der Waals surface area contributed by atoms with Crippen molar-refractivity contribution in [2.24, 2.45) is 7.05 Å². The highest BCUT2D eigenvalue weighted by Gasteiger charge is 2.12. The van der Waals surface area contributed by atoms with E-state index in [0.717, 1.165) is 17.1 Å². The van der Waals surface area contributed by atoms with E-state index in [9.17, 15) is 5.11 Å². The van der Waals surface area contributed by atoms with Gasteiger partial charge in [-0.3, -0.25) is 4.68 Å². The summed E-state index contributed by atoms with van der Waals surface area (Å²) in [4.78, 5) is 0.